The summed E-state index contributed by atoms with van der Waals surface area (Å²) in [5.74, 6) is 3.24. The summed E-state index contributed by atoms with van der Waals surface area (Å²) in [7, 11) is 0. The van der Waals surface area contributed by atoms with E-state index in [1.54, 1.807) is 0 Å². The predicted molar refractivity (Wildman–Crippen MR) is 281 cm³/mol. The van der Waals surface area contributed by atoms with E-state index >= 15 is 0 Å². The Labute approximate surface area is 404 Å². The Morgan fingerprint density at radius 2 is 0.829 bits per heavy atom. The van der Waals surface area contributed by atoms with Gasteiger partial charge in [-0.25, -0.2) is 29.9 Å². The number of fused-ring (bicyclic) bond motifs is 7. The topological polar surface area (TPSA) is 95.2 Å². The molecule has 330 valence electrons. The molecule has 0 radical (unpaired) electrons. The van der Waals surface area contributed by atoms with Gasteiger partial charge in [0.1, 0.15) is 0 Å². The number of para-hydroxylation sites is 1. The van der Waals surface area contributed by atoms with Gasteiger partial charge < -0.3 is 4.57 Å². The van der Waals surface area contributed by atoms with Crippen LogP contribution in [0.3, 0.4) is 0 Å². The summed E-state index contributed by atoms with van der Waals surface area (Å²) in [5, 5.41) is 2.39. The van der Waals surface area contributed by atoms with Crippen LogP contribution in [-0.2, 0) is 5.41 Å². The van der Waals surface area contributed by atoms with Crippen molar-refractivity contribution in [2.45, 2.75) is 19.3 Å². The molecule has 70 heavy (non-hydrogen) atoms. The Kier molecular flexibility index (Phi) is 9.66. The maximum Gasteiger partial charge on any atom is 0.166 e. The highest BCUT2D eigenvalue weighted by Crippen LogP contribution is 2.54. The van der Waals surface area contributed by atoms with E-state index in [2.05, 4.69) is 103 Å². The predicted octanol–water partition coefficient (Wildman–Crippen LogP) is 14.5. The molecule has 12 aromatic rings. The van der Waals surface area contributed by atoms with Crippen LogP contribution in [0.15, 0.2) is 219 Å². The van der Waals surface area contributed by atoms with Crippen LogP contribution in [-0.4, -0.2) is 39.5 Å². The second-order valence-corrected chi connectivity index (χ2v) is 18.1. The molecule has 1 aliphatic carbocycles. The van der Waals surface area contributed by atoms with Crippen LogP contribution in [0.5, 0.6) is 0 Å². The largest absolute Gasteiger partial charge is 0.309 e. The minimum atomic E-state index is -0.253. The molecule has 0 atom stereocenters. The van der Waals surface area contributed by atoms with E-state index in [0.717, 1.165) is 55.7 Å². The Balaban J connectivity index is 1.14. The van der Waals surface area contributed by atoms with Gasteiger partial charge in [-0.05, 0) is 52.6 Å². The molecule has 0 fully saturated rings. The number of nitrogens with zero attached hydrogens (tertiary/aromatic N) is 8. The van der Waals surface area contributed by atoms with E-state index in [1.165, 1.54) is 33.0 Å². The van der Waals surface area contributed by atoms with Crippen molar-refractivity contribution in [1.82, 2.24) is 39.5 Å². The molecule has 0 saturated carbocycles. The highest BCUT2D eigenvalue weighted by atomic mass is 15.1. The smallest absolute Gasteiger partial charge is 0.166 e. The first-order chi connectivity index (χ1) is 34.5. The van der Waals surface area contributed by atoms with E-state index < -0.39 is 0 Å². The number of hydrogen-bond acceptors (Lipinski definition) is 7. The molecule has 8 aromatic carbocycles. The van der Waals surface area contributed by atoms with Crippen LogP contribution in [0.1, 0.15) is 25.0 Å². The summed E-state index contributed by atoms with van der Waals surface area (Å²) in [6.45, 7) is 4.71. The fraction of sp³-hybridized carbons (Fsp3) is 0.0484. The minimum Gasteiger partial charge on any atom is -0.309 e. The van der Waals surface area contributed by atoms with Crippen LogP contribution in [0.4, 0.5) is 0 Å². The third-order valence-electron chi connectivity index (χ3n) is 13.6. The van der Waals surface area contributed by atoms with Crippen molar-refractivity contribution in [3.8, 4) is 96.4 Å². The summed E-state index contributed by atoms with van der Waals surface area (Å²) in [6, 6.07) is 72.9. The highest BCUT2D eigenvalue weighted by Gasteiger charge is 2.38. The molecule has 0 saturated heterocycles. The van der Waals surface area contributed by atoms with Crippen molar-refractivity contribution in [2.24, 2.45) is 0 Å². The van der Waals surface area contributed by atoms with Crippen molar-refractivity contribution < 1.29 is 0 Å². The Hall–Kier alpha value is -9.27. The SMILES string of the molecule is CC1(C)c2ccccc2-c2ccc3c(c21)c1ccccc1n3-c1cccc(-c2nc(-c3ccccc3)nc(-c3ccccc3)n2)c1-c1ncccc1-c1nc(-c2ccccc2)nc(-c2ccccc2)n1. The second kappa shape index (κ2) is 16.5. The average Bonchev–Trinajstić information content (AvgIpc) is 3.89. The maximum absolute atomic E-state index is 5.33. The van der Waals surface area contributed by atoms with Gasteiger partial charge in [-0.1, -0.05) is 196 Å². The molecular weight excluding hydrogens is 857 g/mol. The lowest BCUT2D eigenvalue weighted by Gasteiger charge is -2.23. The van der Waals surface area contributed by atoms with Crippen molar-refractivity contribution in [3.63, 3.8) is 0 Å². The monoisotopic (exact) mass is 898 g/mol. The lowest BCUT2D eigenvalue weighted by atomic mass is 9.80. The summed E-state index contributed by atoms with van der Waals surface area (Å²) in [5.41, 5.74) is 14.5. The van der Waals surface area contributed by atoms with Crippen LogP contribution in [0.2, 0.25) is 0 Å². The van der Waals surface area contributed by atoms with E-state index in [1.807, 2.05) is 134 Å². The van der Waals surface area contributed by atoms with Crippen LogP contribution < -0.4 is 0 Å². The van der Waals surface area contributed by atoms with E-state index in [9.17, 15) is 0 Å². The summed E-state index contributed by atoms with van der Waals surface area (Å²) in [6.07, 6.45) is 1.84. The molecule has 0 aliphatic heterocycles. The molecule has 0 N–H and O–H groups in total. The minimum absolute atomic E-state index is 0.253. The molecular formula is C62H42N8. The van der Waals surface area contributed by atoms with Gasteiger partial charge >= 0.3 is 0 Å². The van der Waals surface area contributed by atoms with Crippen molar-refractivity contribution in [3.05, 3.63) is 230 Å². The highest BCUT2D eigenvalue weighted by molar-refractivity contribution is 6.15. The quantitative estimate of drug-likeness (QED) is 0.150. The molecule has 4 aromatic heterocycles. The molecule has 0 bridgehead atoms. The molecule has 1 aliphatic rings. The van der Waals surface area contributed by atoms with Gasteiger partial charge in [0.2, 0.25) is 0 Å². The maximum atomic E-state index is 5.33. The van der Waals surface area contributed by atoms with Crippen LogP contribution >= 0.6 is 0 Å². The normalized spacial score (nSPS) is 12.5. The molecule has 8 heteroatoms. The number of hydrogen-bond donors (Lipinski definition) is 0. The zero-order chi connectivity index (χ0) is 46.8. The first kappa shape index (κ1) is 41.0. The molecule has 4 heterocycles. The van der Waals surface area contributed by atoms with E-state index in [4.69, 9.17) is 34.9 Å². The first-order valence-electron chi connectivity index (χ1n) is 23.5. The van der Waals surface area contributed by atoms with E-state index in [0.29, 0.717) is 40.6 Å². The number of pyridine rings is 1. The van der Waals surface area contributed by atoms with Crippen LogP contribution in [0.25, 0.3) is 118 Å². The van der Waals surface area contributed by atoms with Gasteiger partial charge in [-0.2, -0.15) is 0 Å². The molecule has 0 spiro atoms. The Bertz CT molecular complexity index is 3850. The lowest BCUT2D eigenvalue weighted by Crippen LogP contribution is -2.15. The number of benzene rings is 8. The average molecular weight is 899 g/mol. The number of aromatic nitrogens is 8. The summed E-state index contributed by atoms with van der Waals surface area (Å²) >= 11 is 0. The van der Waals surface area contributed by atoms with Gasteiger partial charge in [0.05, 0.1) is 22.4 Å². The Morgan fingerprint density at radius 1 is 0.357 bits per heavy atom. The van der Waals surface area contributed by atoms with Gasteiger partial charge in [-0.15, -0.1) is 0 Å². The van der Waals surface area contributed by atoms with Gasteiger partial charge in [-0.3, -0.25) is 4.98 Å². The van der Waals surface area contributed by atoms with Gasteiger partial charge in [0, 0.05) is 61.3 Å². The van der Waals surface area contributed by atoms with Crippen molar-refractivity contribution in [1.29, 1.82) is 0 Å². The lowest BCUT2D eigenvalue weighted by molar-refractivity contribution is 0.666. The molecule has 0 amide bonds. The zero-order valence-corrected chi connectivity index (χ0v) is 38.4. The number of rotatable bonds is 8. The van der Waals surface area contributed by atoms with Crippen LogP contribution in [0, 0.1) is 0 Å². The fourth-order valence-corrected chi connectivity index (χ4v) is 10.4. The third-order valence-corrected chi connectivity index (χ3v) is 13.6. The van der Waals surface area contributed by atoms with Gasteiger partial charge in [0.15, 0.2) is 34.9 Å². The first-order valence-corrected chi connectivity index (χ1v) is 23.5. The van der Waals surface area contributed by atoms with E-state index in [-0.39, 0.29) is 5.41 Å². The molecule has 0 unspecified atom stereocenters. The second-order valence-electron chi connectivity index (χ2n) is 18.1. The summed E-state index contributed by atoms with van der Waals surface area (Å²) < 4.78 is 2.40. The molecule has 8 nitrogen and oxygen atoms in total. The zero-order valence-electron chi connectivity index (χ0n) is 38.4. The van der Waals surface area contributed by atoms with Crippen molar-refractivity contribution >= 4 is 21.8 Å². The van der Waals surface area contributed by atoms with Crippen molar-refractivity contribution in [2.75, 3.05) is 0 Å². The Morgan fingerprint density at radius 3 is 1.41 bits per heavy atom. The third kappa shape index (κ3) is 6.71. The fourth-order valence-electron chi connectivity index (χ4n) is 10.4. The standard InChI is InChI=1S/C62H42N8/c1-62(2)48-33-17-15-29-43(48)44-36-37-51-52(54(44)62)45-30-16-18-34-49(45)70(51)50-35-19-31-46(60-66-56(39-21-7-3-8-22-39)64-57(67-60)40-23-9-4-10-24-40)53(50)55-47(32-20-38-63-55)61-68-58(41-25-11-5-12-26-41)65-59(69-61)42-27-13-6-14-28-42/h3-38H,1-2H3. The molecule has 13 rings (SSSR count). The van der Waals surface area contributed by atoms with Gasteiger partial charge in [0.25, 0.3) is 0 Å². The summed E-state index contributed by atoms with van der Waals surface area (Å²) in [4.78, 5) is 36.6.